The zero-order valence-corrected chi connectivity index (χ0v) is 15.5. The van der Waals surface area contributed by atoms with Crippen LogP contribution in [0.2, 0.25) is 0 Å². The summed E-state index contributed by atoms with van der Waals surface area (Å²) >= 11 is 0. The van der Waals surface area contributed by atoms with E-state index >= 15 is 0 Å². The first-order valence-corrected chi connectivity index (χ1v) is 9.15. The van der Waals surface area contributed by atoms with Gasteiger partial charge in [0.1, 0.15) is 0 Å². The van der Waals surface area contributed by atoms with Crippen LogP contribution in [0.3, 0.4) is 0 Å². The second-order valence-corrected chi connectivity index (χ2v) is 7.08. The van der Waals surface area contributed by atoms with Gasteiger partial charge < -0.3 is 5.11 Å². The van der Waals surface area contributed by atoms with E-state index in [4.69, 9.17) is 5.11 Å². The van der Waals surface area contributed by atoms with Crippen molar-refractivity contribution in [2.24, 2.45) is 0 Å². The number of carboxylic acid groups (broad SMARTS) is 1. The summed E-state index contributed by atoms with van der Waals surface area (Å²) in [4.78, 5) is 34.1. The van der Waals surface area contributed by atoms with Crippen molar-refractivity contribution in [2.45, 2.75) is 31.8 Å². The molecule has 0 aliphatic heterocycles. The molecule has 3 aromatic rings. The molecule has 2 heterocycles. The molecular weight excluding hydrogens is 358 g/mol. The van der Waals surface area contributed by atoms with Crippen LogP contribution in [0, 0.1) is 0 Å². The summed E-state index contributed by atoms with van der Waals surface area (Å²) in [5, 5.41) is 12.0. The summed E-state index contributed by atoms with van der Waals surface area (Å²) < 4.78 is 1.30. The quantitative estimate of drug-likeness (QED) is 0.698. The van der Waals surface area contributed by atoms with Gasteiger partial charge in [0.2, 0.25) is 0 Å². The van der Waals surface area contributed by atoms with Crippen molar-refractivity contribution in [3.63, 3.8) is 0 Å². The number of carbonyl (C=O) groups is 1. The highest BCUT2D eigenvalue weighted by molar-refractivity contribution is 5.86. The zero-order valence-electron chi connectivity index (χ0n) is 15.5. The van der Waals surface area contributed by atoms with Gasteiger partial charge >= 0.3 is 5.97 Å². The Labute approximate surface area is 161 Å². The number of fused-ring (bicyclic) bond motifs is 1. The number of likely N-dealkylation sites (N-methyl/N-ethyl adjacent to an activating group) is 1. The van der Waals surface area contributed by atoms with Crippen LogP contribution in [0.1, 0.15) is 33.6 Å². The Balaban J connectivity index is 1.54. The lowest BCUT2D eigenvalue weighted by atomic mass is 9.92. The fourth-order valence-electron chi connectivity index (χ4n) is 3.65. The van der Waals surface area contributed by atoms with Gasteiger partial charge in [-0.3, -0.25) is 14.8 Å². The molecule has 8 heteroatoms. The fraction of sp³-hybridized carbons (Fsp3) is 0.300. The second kappa shape index (κ2) is 7.40. The molecule has 2 aromatic heterocycles. The second-order valence-electron chi connectivity index (χ2n) is 7.08. The Kier molecular flexibility index (Phi) is 4.79. The fourth-order valence-corrected chi connectivity index (χ4v) is 3.65. The third-order valence-electron chi connectivity index (χ3n) is 5.22. The van der Waals surface area contributed by atoms with Crippen LogP contribution in [0.15, 0.2) is 47.5 Å². The van der Waals surface area contributed by atoms with Crippen molar-refractivity contribution in [3.8, 4) is 5.95 Å². The molecule has 4 rings (SSSR count). The van der Waals surface area contributed by atoms with Crippen LogP contribution in [-0.2, 0) is 19.4 Å². The predicted octanol–water partition coefficient (Wildman–Crippen LogP) is 1.64. The van der Waals surface area contributed by atoms with Crippen LogP contribution in [0.5, 0.6) is 0 Å². The minimum absolute atomic E-state index is 0.0179. The van der Waals surface area contributed by atoms with Crippen molar-refractivity contribution >= 4 is 5.97 Å². The molecule has 1 unspecified atom stereocenters. The molecular formula is C20H21N5O3. The molecule has 0 bridgehead atoms. The molecule has 0 saturated heterocycles. The van der Waals surface area contributed by atoms with E-state index in [0.29, 0.717) is 6.42 Å². The molecule has 0 saturated carbocycles. The van der Waals surface area contributed by atoms with Gasteiger partial charge in [-0.05, 0) is 31.9 Å². The maximum Gasteiger partial charge on any atom is 0.338 e. The van der Waals surface area contributed by atoms with E-state index < -0.39 is 5.97 Å². The standard InChI is InChI=1S/C20H21N5O3/c1-24(12-13-5-3-2-4-6-13)15-7-8-17-16(9-15)18(26)25(23-17)20-21-10-14(11-22-20)19(27)28/h2-6,10-11,15,23H,7-9,12H2,1H3,(H,27,28). The van der Waals surface area contributed by atoms with E-state index in [9.17, 15) is 9.59 Å². The van der Waals surface area contributed by atoms with Crippen molar-refractivity contribution in [1.29, 1.82) is 0 Å². The zero-order chi connectivity index (χ0) is 19.7. The lowest BCUT2D eigenvalue weighted by molar-refractivity contribution is 0.0696. The topological polar surface area (TPSA) is 104 Å². The number of aromatic amines is 1. The molecule has 0 amide bonds. The van der Waals surface area contributed by atoms with Crippen molar-refractivity contribution in [1.82, 2.24) is 24.6 Å². The number of nitrogens with one attached hydrogen (secondary N) is 1. The van der Waals surface area contributed by atoms with E-state index in [1.54, 1.807) is 0 Å². The first-order chi connectivity index (χ1) is 13.5. The molecule has 0 radical (unpaired) electrons. The molecule has 2 N–H and O–H groups in total. The Morgan fingerprint density at radius 2 is 2.00 bits per heavy atom. The third kappa shape index (κ3) is 3.46. The molecule has 1 aliphatic carbocycles. The number of aromatic carboxylic acids is 1. The number of H-pyrrole nitrogens is 1. The largest absolute Gasteiger partial charge is 0.478 e. The molecule has 28 heavy (non-hydrogen) atoms. The highest BCUT2D eigenvalue weighted by Crippen LogP contribution is 2.22. The van der Waals surface area contributed by atoms with Crippen molar-refractivity contribution in [2.75, 3.05) is 7.05 Å². The molecule has 0 fully saturated rings. The number of aryl methyl sites for hydroxylation is 1. The Hall–Kier alpha value is -3.26. The van der Waals surface area contributed by atoms with Gasteiger partial charge in [-0.2, -0.15) is 4.68 Å². The van der Waals surface area contributed by atoms with Crippen LogP contribution in [0.25, 0.3) is 5.95 Å². The number of benzene rings is 1. The Morgan fingerprint density at radius 1 is 1.29 bits per heavy atom. The van der Waals surface area contributed by atoms with E-state index in [0.717, 1.165) is 30.6 Å². The Morgan fingerprint density at radius 3 is 2.68 bits per heavy atom. The maximum absolute atomic E-state index is 12.9. The average Bonchev–Trinajstić information content (AvgIpc) is 3.05. The molecule has 144 valence electrons. The molecule has 0 spiro atoms. The van der Waals surface area contributed by atoms with Gasteiger partial charge in [0.25, 0.3) is 11.5 Å². The van der Waals surface area contributed by atoms with E-state index in [1.807, 2.05) is 18.2 Å². The van der Waals surface area contributed by atoms with Crippen LogP contribution in [0.4, 0.5) is 0 Å². The molecule has 1 aromatic carbocycles. The number of nitrogens with zero attached hydrogens (tertiary/aromatic N) is 4. The summed E-state index contributed by atoms with van der Waals surface area (Å²) in [6.45, 7) is 0.833. The predicted molar refractivity (Wildman–Crippen MR) is 103 cm³/mol. The molecule has 8 nitrogen and oxygen atoms in total. The number of hydrogen-bond acceptors (Lipinski definition) is 5. The number of aromatic nitrogens is 4. The summed E-state index contributed by atoms with van der Waals surface area (Å²) in [6, 6.07) is 10.5. The van der Waals surface area contributed by atoms with E-state index in [2.05, 4.69) is 39.1 Å². The number of rotatable bonds is 5. The van der Waals surface area contributed by atoms with Crippen molar-refractivity contribution < 1.29 is 9.90 Å². The monoisotopic (exact) mass is 379 g/mol. The van der Waals surface area contributed by atoms with Gasteiger partial charge in [-0.1, -0.05) is 30.3 Å². The van der Waals surface area contributed by atoms with Gasteiger partial charge in [0, 0.05) is 36.2 Å². The van der Waals surface area contributed by atoms with Gasteiger partial charge in [0.05, 0.1) is 5.56 Å². The average molecular weight is 379 g/mol. The normalized spacial score (nSPS) is 16.1. The first kappa shape index (κ1) is 18.1. The van der Waals surface area contributed by atoms with E-state index in [1.165, 1.54) is 22.6 Å². The molecule has 1 aliphatic rings. The van der Waals surface area contributed by atoms with Crippen molar-refractivity contribution in [3.05, 3.63) is 75.5 Å². The summed E-state index contributed by atoms with van der Waals surface area (Å²) in [5.74, 6) is -0.951. The van der Waals surface area contributed by atoms with Gasteiger partial charge in [-0.25, -0.2) is 14.8 Å². The van der Waals surface area contributed by atoms with Crippen LogP contribution < -0.4 is 5.56 Å². The SMILES string of the molecule is CN(Cc1ccccc1)C1CCc2[nH]n(-c3ncc(C(=O)O)cn3)c(=O)c2C1. The van der Waals surface area contributed by atoms with Crippen LogP contribution >= 0.6 is 0 Å². The van der Waals surface area contributed by atoms with Gasteiger partial charge in [-0.15, -0.1) is 0 Å². The van der Waals surface area contributed by atoms with E-state index in [-0.39, 0.29) is 23.1 Å². The lowest BCUT2D eigenvalue weighted by Gasteiger charge is -2.30. The van der Waals surface area contributed by atoms with Crippen LogP contribution in [-0.4, -0.2) is 48.8 Å². The molecule has 1 atom stereocenters. The number of hydrogen-bond donors (Lipinski definition) is 2. The number of carboxylic acids is 1. The highest BCUT2D eigenvalue weighted by Gasteiger charge is 2.27. The highest BCUT2D eigenvalue weighted by atomic mass is 16.4. The first-order valence-electron chi connectivity index (χ1n) is 9.15. The third-order valence-corrected chi connectivity index (χ3v) is 5.22. The summed E-state index contributed by atoms with van der Waals surface area (Å²) in [6.07, 6.45) is 4.79. The lowest BCUT2D eigenvalue weighted by Crippen LogP contribution is -2.37. The maximum atomic E-state index is 12.9. The minimum Gasteiger partial charge on any atom is -0.478 e. The summed E-state index contributed by atoms with van der Waals surface area (Å²) in [7, 11) is 2.08. The summed E-state index contributed by atoms with van der Waals surface area (Å²) in [5.41, 5.74) is 2.71. The smallest absolute Gasteiger partial charge is 0.338 e. The minimum atomic E-state index is -1.10. The Bertz CT molecular complexity index is 1040. The van der Waals surface area contributed by atoms with Gasteiger partial charge in [0.15, 0.2) is 0 Å².